The first-order chi connectivity index (χ1) is 13.1. The fraction of sp³-hybridized carbons (Fsp3) is 0.476. The molecule has 2 rings (SSSR count). The number of ether oxygens (including phenoxy) is 3. The quantitative estimate of drug-likeness (QED) is 0.514. The van der Waals surface area contributed by atoms with Gasteiger partial charge in [-0.25, -0.2) is 0 Å². The molecule has 1 aliphatic rings. The lowest BCUT2D eigenvalue weighted by Gasteiger charge is -2.16. The molecule has 148 valence electrons. The van der Waals surface area contributed by atoms with E-state index in [1.54, 1.807) is 27.4 Å². The summed E-state index contributed by atoms with van der Waals surface area (Å²) < 4.78 is 16.0. The summed E-state index contributed by atoms with van der Waals surface area (Å²) in [5.41, 5.74) is 0.886. The average molecular weight is 374 g/mol. The van der Waals surface area contributed by atoms with Gasteiger partial charge in [0, 0.05) is 12.6 Å². The summed E-state index contributed by atoms with van der Waals surface area (Å²) in [5.74, 6) is 2.82. The summed E-state index contributed by atoms with van der Waals surface area (Å²) in [6, 6.07) is 3.70. The predicted molar refractivity (Wildman–Crippen MR) is 107 cm³/mol. The molecule has 0 aromatic heterocycles. The van der Waals surface area contributed by atoms with E-state index in [0.717, 1.165) is 25.1 Å². The monoisotopic (exact) mass is 374 g/mol. The lowest BCUT2D eigenvalue weighted by atomic mass is 9.94. The minimum atomic E-state index is -0.0775. The molecule has 0 radical (unpaired) electrons. The van der Waals surface area contributed by atoms with Gasteiger partial charge in [0.15, 0.2) is 11.5 Å². The third-order valence-corrected chi connectivity index (χ3v) is 4.88. The van der Waals surface area contributed by atoms with E-state index in [0.29, 0.717) is 35.6 Å². The molecule has 1 aliphatic heterocycles. The zero-order valence-electron chi connectivity index (χ0n) is 16.6. The Bertz CT molecular complexity index is 660. The van der Waals surface area contributed by atoms with E-state index < -0.39 is 0 Å². The zero-order chi connectivity index (χ0) is 19.6. The Morgan fingerprint density at radius 3 is 2.37 bits per heavy atom. The molecule has 6 heteroatoms. The molecule has 0 saturated carbocycles. The molecule has 2 N–H and O–H groups in total. The highest BCUT2D eigenvalue weighted by molar-refractivity contribution is 5.87. The van der Waals surface area contributed by atoms with E-state index in [1.807, 2.05) is 24.3 Å². The zero-order valence-corrected chi connectivity index (χ0v) is 16.6. The van der Waals surface area contributed by atoms with Crippen LogP contribution in [-0.2, 0) is 4.79 Å². The van der Waals surface area contributed by atoms with Crippen LogP contribution < -0.4 is 24.8 Å². The molecular formula is C21H30N2O4. The third-order valence-electron chi connectivity index (χ3n) is 4.88. The molecule has 0 bridgehead atoms. The summed E-state index contributed by atoms with van der Waals surface area (Å²) in [6.45, 7) is 4.93. The molecule has 27 heavy (non-hydrogen) atoms. The van der Waals surface area contributed by atoms with Gasteiger partial charge in [0.1, 0.15) is 0 Å². The Labute approximate surface area is 161 Å². The first-order valence-electron chi connectivity index (χ1n) is 9.26. The SMILES string of the molecule is CC[C@@H]1CNCC1CNC(=O)/C=C/C=C/c1cc(OC)c(OC)c(OC)c1. The molecule has 0 aliphatic carbocycles. The number of rotatable bonds is 9. The van der Waals surface area contributed by atoms with Crippen LogP contribution in [0.15, 0.2) is 30.4 Å². The Kier molecular flexibility index (Phi) is 8.20. The van der Waals surface area contributed by atoms with Crippen molar-refractivity contribution in [3.63, 3.8) is 0 Å². The first-order valence-corrected chi connectivity index (χ1v) is 9.26. The van der Waals surface area contributed by atoms with Crippen LogP contribution in [-0.4, -0.2) is 46.9 Å². The number of benzene rings is 1. The second kappa shape index (κ2) is 10.6. The minimum Gasteiger partial charge on any atom is -0.493 e. The van der Waals surface area contributed by atoms with Crippen LogP contribution >= 0.6 is 0 Å². The highest BCUT2D eigenvalue weighted by Gasteiger charge is 2.25. The third kappa shape index (κ3) is 5.76. The van der Waals surface area contributed by atoms with Crippen molar-refractivity contribution >= 4 is 12.0 Å². The van der Waals surface area contributed by atoms with Crippen molar-refractivity contribution in [1.29, 1.82) is 0 Å². The average Bonchev–Trinajstić information content (AvgIpc) is 3.16. The van der Waals surface area contributed by atoms with Gasteiger partial charge in [-0.15, -0.1) is 0 Å². The summed E-state index contributed by atoms with van der Waals surface area (Å²) >= 11 is 0. The predicted octanol–water partition coefficient (Wildman–Crippen LogP) is 2.64. The fourth-order valence-corrected chi connectivity index (χ4v) is 3.30. The molecule has 1 aromatic carbocycles. The van der Waals surface area contributed by atoms with Gasteiger partial charge in [-0.05, 0) is 42.6 Å². The molecule has 1 fully saturated rings. The highest BCUT2D eigenvalue weighted by Crippen LogP contribution is 2.38. The van der Waals surface area contributed by atoms with Crippen molar-refractivity contribution in [2.45, 2.75) is 13.3 Å². The standard InChI is InChI=1S/C21H30N2O4/c1-5-16-12-22-13-17(16)14-23-20(24)9-7-6-8-15-10-18(25-2)21(27-4)19(11-15)26-3/h6-11,16-17,22H,5,12-14H2,1-4H3,(H,23,24)/b8-6+,9-7+/t16-,17?/m1/s1. The number of hydrogen-bond acceptors (Lipinski definition) is 5. The van der Waals surface area contributed by atoms with Crippen LogP contribution in [0.2, 0.25) is 0 Å². The molecule has 1 unspecified atom stereocenters. The first kappa shape index (κ1) is 20.8. The molecule has 1 saturated heterocycles. The van der Waals surface area contributed by atoms with Crippen LogP contribution in [0.3, 0.4) is 0 Å². The lowest BCUT2D eigenvalue weighted by molar-refractivity contribution is -0.116. The minimum absolute atomic E-state index is 0.0775. The summed E-state index contributed by atoms with van der Waals surface area (Å²) in [7, 11) is 4.73. The van der Waals surface area contributed by atoms with E-state index in [2.05, 4.69) is 17.6 Å². The topological polar surface area (TPSA) is 68.8 Å². The van der Waals surface area contributed by atoms with Crippen molar-refractivity contribution < 1.29 is 19.0 Å². The number of nitrogens with one attached hydrogen (secondary N) is 2. The van der Waals surface area contributed by atoms with E-state index >= 15 is 0 Å². The van der Waals surface area contributed by atoms with E-state index in [4.69, 9.17) is 14.2 Å². The number of hydrogen-bond donors (Lipinski definition) is 2. The molecule has 1 heterocycles. The highest BCUT2D eigenvalue weighted by atomic mass is 16.5. The van der Waals surface area contributed by atoms with Gasteiger partial charge in [-0.3, -0.25) is 4.79 Å². The lowest BCUT2D eigenvalue weighted by Crippen LogP contribution is -2.31. The summed E-state index contributed by atoms with van der Waals surface area (Å²) in [4.78, 5) is 12.0. The van der Waals surface area contributed by atoms with Crippen LogP contribution in [0.5, 0.6) is 17.2 Å². The number of carbonyl (C=O) groups is 1. The van der Waals surface area contributed by atoms with Gasteiger partial charge < -0.3 is 24.8 Å². The molecule has 1 aromatic rings. The van der Waals surface area contributed by atoms with Crippen LogP contribution in [0, 0.1) is 11.8 Å². The Morgan fingerprint density at radius 2 is 1.78 bits per heavy atom. The molecule has 6 nitrogen and oxygen atoms in total. The Balaban J connectivity index is 1.91. The normalized spacial score (nSPS) is 19.6. The molecule has 0 spiro atoms. The molecule has 2 atom stereocenters. The van der Waals surface area contributed by atoms with Crippen molar-refractivity contribution in [3.8, 4) is 17.2 Å². The van der Waals surface area contributed by atoms with Gasteiger partial charge in [0.2, 0.25) is 11.7 Å². The summed E-state index contributed by atoms with van der Waals surface area (Å²) in [6.07, 6.45) is 8.09. The van der Waals surface area contributed by atoms with E-state index in [1.165, 1.54) is 6.08 Å². The van der Waals surface area contributed by atoms with Gasteiger partial charge in [0.25, 0.3) is 0 Å². The summed E-state index contributed by atoms with van der Waals surface area (Å²) in [5, 5.41) is 6.37. The Morgan fingerprint density at radius 1 is 1.11 bits per heavy atom. The van der Waals surface area contributed by atoms with Crippen LogP contribution in [0.1, 0.15) is 18.9 Å². The van der Waals surface area contributed by atoms with Gasteiger partial charge in [-0.1, -0.05) is 31.6 Å². The maximum Gasteiger partial charge on any atom is 0.243 e. The van der Waals surface area contributed by atoms with Crippen molar-refractivity contribution in [1.82, 2.24) is 10.6 Å². The van der Waals surface area contributed by atoms with Gasteiger partial charge in [0.05, 0.1) is 21.3 Å². The van der Waals surface area contributed by atoms with Crippen molar-refractivity contribution in [2.75, 3.05) is 41.0 Å². The second-order valence-electron chi connectivity index (χ2n) is 6.51. The molecular weight excluding hydrogens is 344 g/mol. The number of carbonyl (C=O) groups excluding carboxylic acids is 1. The van der Waals surface area contributed by atoms with Crippen LogP contribution in [0.4, 0.5) is 0 Å². The van der Waals surface area contributed by atoms with Gasteiger partial charge >= 0.3 is 0 Å². The maximum absolute atomic E-state index is 12.0. The van der Waals surface area contributed by atoms with E-state index in [9.17, 15) is 4.79 Å². The largest absolute Gasteiger partial charge is 0.493 e. The number of methoxy groups -OCH3 is 3. The smallest absolute Gasteiger partial charge is 0.243 e. The molecule has 1 amide bonds. The van der Waals surface area contributed by atoms with Crippen LogP contribution in [0.25, 0.3) is 6.08 Å². The maximum atomic E-state index is 12.0. The number of amides is 1. The second-order valence-corrected chi connectivity index (χ2v) is 6.51. The van der Waals surface area contributed by atoms with Crippen molar-refractivity contribution in [2.24, 2.45) is 11.8 Å². The van der Waals surface area contributed by atoms with E-state index in [-0.39, 0.29) is 5.91 Å². The van der Waals surface area contributed by atoms with Gasteiger partial charge in [-0.2, -0.15) is 0 Å². The van der Waals surface area contributed by atoms with Crippen molar-refractivity contribution in [3.05, 3.63) is 35.9 Å². The fourth-order valence-electron chi connectivity index (χ4n) is 3.30. The number of allylic oxidation sites excluding steroid dienone is 2. The Hall–Kier alpha value is -2.47.